The van der Waals surface area contributed by atoms with Crippen LogP contribution in [0.1, 0.15) is 39.0 Å². The van der Waals surface area contributed by atoms with Gasteiger partial charge in [0.15, 0.2) is 0 Å². The number of carbonyl (C=O) groups is 1. The molecule has 0 aromatic carbocycles. The SMILES string of the molecule is CC(=O)OC1CCCCC1.[Ag]. The maximum atomic E-state index is 10.5. The fourth-order valence-electron chi connectivity index (χ4n) is 1.42. The number of carbonyl (C=O) groups excluding carboxylic acids is 1. The van der Waals surface area contributed by atoms with Crippen LogP contribution >= 0.6 is 0 Å². The van der Waals surface area contributed by atoms with E-state index in [4.69, 9.17) is 4.74 Å². The van der Waals surface area contributed by atoms with Crippen LogP contribution in [0.4, 0.5) is 0 Å². The Morgan fingerprint density at radius 1 is 1.27 bits per heavy atom. The van der Waals surface area contributed by atoms with Gasteiger partial charge in [-0.2, -0.15) is 0 Å². The molecule has 1 saturated carbocycles. The van der Waals surface area contributed by atoms with Gasteiger partial charge < -0.3 is 4.74 Å². The van der Waals surface area contributed by atoms with Crippen LogP contribution in [0.15, 0.2) is 0 Å². The van der Waals surface area contributed by atoms with Gasteiger partial charge in [0.25, 0.3) is 0 Å². The van der Waals surface area contributed by atoms with Gasteiger partial charge >= 0.3 is 5.97 Å². The van der Waals surface area contributed by atoms with Crippen LogP contribution in [-0.4, -0.2) is 12.1 Å². The summed E-state index contributed by atoms with van der Waals surface area (Å²) < 4.78 is 5.05. The summed E-state index contributed by atoms with van der Waals surface area (Å²) >= 11 is 0. The molecule has 69 valence electrons. The van der Waals surface area contributed by atoms with Crippen molar-refractivity contribution in [3.05, 3.63) is 0 Å². The second kappa shape index (κ2) is 5.81. The van der Waals surface area contributed by atoms with E-state index in [1.807, 2.05) is 0 Å². The molecule has 0 aromatic heterocycles. The van der Waals surface area contributed by atoms with E-state index in [9.17, 15) is 4.79 Å². The molecule has 0 unspecified atom stereocenters. The summed E-state index contributed by atoms with van der Waals surface area (Å²) in [7, 11) is 0. The average Bonchev–Trinajstić information content (AvgIpc) is 1.88. The van der Waals surface area contributed by atoms with Crippen LogP contribution in [0.5, 0.6) is 0 Å². The minimum Gasteiger partial charge on any atom is -0.463 e. The monoisotopic (exact) mass is 249 g/mol. The molecule has 0 bridgehead atoms. The first-order chi connectivity index (χ1) is 4.79. The number of ether oxygens (including phenoxy) is 1. The predicted octanol–water partition coefficient (Wildman–Crippen LogP) is 1.88. The molecule has 0 heterocycles. The van der Waals surface area contributed by atoms with Crippen LogP contribution in [-0.2, 0) is 31.9 Å². The Morgan fingerprint density at radius 3 is 2.27 bits per heavy atom. The molecule has 11 heavy (non-hydrogen) atoms. The predicted molar refractivity (Wildman–Crippen MR) is 38.6 cm³/mol. The molecule has 1 aliphatic carbocycles. The maximum absolute atomic E-state index is 10.5. The Morgan fingerprint density at radius 2 is 1.82 bits per heavy atom. The van der Waals surface area contributed by atoms with Gasteiger partial charge in [0.05, 0.1) is 0 Å². The fourth-order valence-corrected chi connectivity index (χ4v) is 1.42. The molecular weight excluding hydrogens is 236 g/mol. The van der Waals surface area contributed by atoms with Crippen molar-refractivity contribution in [3.8, 4) is 0 Å². The number of hydrogen-bond donors (Lipinski definition) is 0. The summed E-state index contributed by atoms with van der Waals surface area (Å²) in [5.41, 5.74) is 0. The third kappa shape index (κ3) is 4.62. The van der Waals surface area contributed by atoms with E-state index in [1.54, 1.807) is 0 Å². The van der Waals surface area contributed by atoms with Crippen molar-refractivity contribution < 1.29 is 31.9 Å². The molecule has 0 aliphatic heterocycles. The first-order valence-corrected chi connectivity index (χ1v) is 3.96. The van der Waals surface area contributed by atoms with Gasteiger partial charge in [-0.25, -0.2) is 0 Å². The van der Waals surface area contributed by atoms with Gasteiger partial charge in [0, 0.05) is 29.3 Å². The Labute approximate surface area is 83.2 Å². The number of rotatable bonds is 1. The first-order valence-electron chi connectivity index (χ1n) is 3.96. The first kappa shape index (κ1) is 11.2. The zero-order chi connectivity index (χ0) is 7.40. The van der Waals surface area contributed by atoms with Crippen molar-refractivity contribution in [2.45, 2.75) is 45.1 Å². The summed E-state index contributed by atoms with van der Waals surface area (Å²) in [5.74, 6) is -0.132. The number of esters is 1. The van der Waals surface area contributed by atoms with E-state index in [0.717, 1.165) is 12.8 Å². The van der Waals surface area contributed by atoms with Crippen molar-refractivity contribution in [1.82, 2.24) is 0 Å². The van der Waals surface area contributed by atoms with Gasteiger partial charge in [0.1, 0.15) is 6.10 Å². The maximum Gasteiger partial charge on any atom is 0.302 e. The molecule has 0 aromatic rings. The normalized spacial score (nSPS) is 18.6. The molecule has 3 heteroatoms. The molecule has 0 N–H and O–H groups in total. The minimum absolute atomic E-state index is 0. The minimum atomic E-state index is -0.132. The van der Waals surface area contributed by atoms with Crippen LogP contribution in [0, 0.1) is 0 Å². The Bertz CT molecular complexity index is 119. The Kier molecular flexibility index (Phi) is 5.92. The average molecular weight is 250 g/mol. The summed E-state index contributed by atoms with van der Waals surface area (Å²) in [5, 5.41) is 0. The van der Waals surface area contributed by atoms with Gasteiger partial charge in [-0.1, -0.05) is 6.42 Å². The van der Waals surface area contributed by atoms with Crippen LogP contribution < -0.4 is 0 Å². The van der Waals surface area contributed by atoms with Crippen LogP contribution in [0.2, 0.25) is 0 Å². The van der Waals surface area contributed by atoms with E-state index in [-0.39, 0.29) is 34.5 Å². The summed E-state index contributed by atoms with van der Waals surface area (Å²) in [6, 6.07) is 0. The molecule has 1 rings (SSSR count). The van der Waals surface area contributed by atoms with E-state index in [1.165, 1.54) is 26.2 Å². The summed E-state index contributed by atoms with van der Waals surface area (Å²) in [6.45, 7) is 1.48. The van der Waals surface area contributed by atoms with Crippen LogP contribution in [0.3, 0.4) is 0 Å². The third-order valence-corrected chi connectivity index (χ3v) is 1.88. The van der Waals surface area contributed by atoms with Crippen molar-refractivity contribution >= 4 is 5.97 Å². The number of hydrogen-bond acceptors (Lipinski definition) is 2. The molecule has 0 saturated heterocycles. The largest absolute Gasteiger partial charge is 0.463 e. The molecule has 1 fully saturated rings. The summed E-state index contributed by atoms with van der Waals surface area (Å²) in [6.07, 6.45) is 6.11. The molecule has 1 aliphatic rings. The van der Waals surface area contributed by atoms with E-state index >= 15 is 0 Å². The zero-order valence-corrected chi connectivity index (χ0v) is 8.21. The second-order valence-electron chi connectivity index (χ2n) is 2.87. The molecule has 0 spiro atoms. The van der Waals surface area contributed by atoms with Crippen LogP contribution in [0.25, 0.3) is 0 Å². The van der Waals surface area contributed by atoms with E-state index < -0.39 is 0 Å². The quantitative estimate of drug-likeness (QED) is 0.524. The fraction of sp³-hybridized carbons (Fsp3) is 0.875. The standard InChI is InChI=1S/C8H14O2.Ag/c1-7(9)10-8-5-3-2-4-6-8;/h8H,2-6H2,1H3;. The zero-order valence-electron chi connectivity index (χ0n) is 6.73. The molecule has 2 nitrogen and oxygen atoms in total. The van der Waals surface area contributed by atoms with Crippen molar-refractivity contribution in [2.24, 2.45) is 0 Å². The Balaban J connectivity index is 0.000001000. The molecule has 0 amide bonds. The third-order valence-electron chi connectivity index (χ3n) is 1.88. The second-order valence-corrected chi connectivity index (χ2v) is 2.87. The van der Waals surface area contributed by atoms with E-state index in [0.29, 0.717) is 0 Å². The summed E-state index contributed by atoms with van der Waals surface area (Å²) in [4.78, 5) is 10.5. The van der Waals surface area contributed by atoms with Gasteiger partial charge in [-0.05, 0) is 25.7 Å². The van der Waals surface area contributed by atoms with E-state index in [2.05, 4.69) is 0 Å². The Hall–Kier alpha value is 0.210. The molecular formula is C8H14AgO2. The molecule has 1 radical (unpaired) electrons. The van der Waals surface area contributed by atoms with Crippen molar-refractivity contribution in [3.63, 3.8) is 0 Å². The smallest absolute Gasteiger partial charge is 0.302 e. The topological polar surface area (TPSA) is 26.3 Å². The molecule has 0 atom stereocenters. The van der Waals surface area contributed by atoms with Gasteiger partial charge in [-0.15, -0.1) is 0 Å². The van der Waals surface area contributed by atoms with Crippen molar-refractivity contribution in [1.29, 1.82) is 0 Å². The van der Waals surface area contributed by atoms with Gasteiger partial charge in [-0.3, -0.25) is 4.79 Å². The van der Waals surface area contributed by atoms with Gasteiger partial charge in [0.2, 0.25) is 0 Å². The van der Waals surface area contributed by atoms with Crippen molar-refractivity contribution in [2.75, 3.05) is 0 Å².